The first-order chi connectivity index (χ1) is 17.7. The van der Waals surface area contributed by atoms with Crippen LogP contribution in [0.5, 0.6) is 0 Å². The number of benzene rings is 1. The molecule has 0 saturated carbocycles. The molecule has 2 aliphatic heterocycles. The molecular formula is C27H30N3O7+. The van der Waals surface area contributed by atoms with Crippen molar-refractivity contribution in [2.45, 2.75) is 39.2 Å². The molecule has 0 radical (unpaired) electrons. The standard InChI is InChI=1S/C23H25N3O3.C4H4O4/c1-16(27)8-9-18-14-17(15-25-11-3-2-4-12-25)10-13-26(18)20-7-5-6-19-21(20)23(29)24-22(19)28;5-3(6)1-2-4(7)8/h5-8,10,13-14H,2-4,9,11-12,15H2,1H3,(H-,24,27,28,29);1-2H,(H,5,6)(H,7,8)/p+1/b16-8+;2-1-. The Bertz CT molecular complexity index is 1240. The van der Waals surface area contributed by atoms with Crippen molar-refractivity contribution in [2.75, 3.05) is 13.1 Å². The molecule has 0 aliphatic carbocycles. The molecule has 0 bridgehead atoms. The van der Waals surface area contributed by atoms with Gasteiger partial charge >= 0.3 is 11.9 Å². The molecule has 37 heavy (non-hydrogen) atoms. The molecule has 0 spiro atoms. The smallest absolute Gasteiger partial charge is 0.328 e. The summed E-state index contributed by atoms with van der Waals surface area (Å²) in [5, 5.41) is 27.7. The van der Waals surface area contributed by atoms with Crippen LogP contribution in [0.2, 0.25) is 0 Å². The van der Waals surface area contributed by atoms with Gasteiger partial charge in [-0.05, 0) is 50.6 Å². The van der Waals surface area contributed by atoms with Crippen LogP contribution in [0.1, 0.15) is 58.2 Å². The fourth-order valence-electron chi connectivity index (χ4n) is 4.26. The molecule has 0 unspecified atom stereocenters. The lowest BCUT2D eigenvalue weighted by Crippen LogP contribution is -2.38. The van der Waals surface area contributed by atoms with Crippen molar-refractivity contribution in [2.24, 2.45) is 0 Å². The molecular weight excluding hydrogens is 478 g/mol. The maximum atomic E-state index is 12.4. The van der Waals surface area contributed by atoms with E-state index in [0.717, 1.165) is 25.3 Å². The van der Waals surface area contributed by atoms with E-state index >= 15 is 0 Å². The molecule has 2 aromatic rings. The minimum absolute atomic E-state index is 0.254. The topological polar surface area (TPSA) is 148 Å². The second-order valence-corrected chi connectivity index (χ2v) is 8.78. The van der Waals surface area contributed by atoms with Gasteiger partial charge in [-0.2, -0.15) is 4.57 Å². The number of aromatic nitrogens is 1. The van der Waals surface area contributed by atoms with Crippen molar-refractivity contribution in [1.29, 1.82) is 0 Å². The number of hydrogen-bond donors (Lipinski definition) is 4. The van der Waals surface area contributed by atoms with Crippen molar-refractivity contribution in [3.05, 3.63) is 82.9 Å². The molecule has 10 heteroatoms. The van der Waals surface area contributed by atoms with Crippen molar-refractivity contribution in [3.63, 3.8) is 0 Å². The molecule has 2 amide bonds. The fraction of sp³-hybridized carbons (Fsp3) is 0.296. The Hall–Kier alpha value is -4.31. The first-order valence-corrected chi connectivity index (χ1v) is 11.9. The molecule has 1 aromatic heterocycles. The van der Waals surface area contributed by atoms with Gasteiger partial charge in [-0.15, -0.1) is 0 Å². The molecule has 1 fully saturated rings. The first kappa shape index (κ1) is 27.3. The number of amides is 2. The van der Waals surface area contributed by atoms with Gasteiger partial charge in [-0.1, -0.05) is 12.5 Å². The molecule has 4 N–H and O–H groups in total. The van der Waals surface area contributed by atoms with Crippen molar-refractivity contribution in [1.82, 2.24) is 10.2 Å². The van der Waals surface area contributed by atoms with E-state index in [1.54, 1.807) is 25.1 Å². The molecule has 3 heterocycles. The van der Waals surface area contributed by atoms with Crippen LogP contribution in [0.4, 0.5) is 0 Å². The number of carboxylic acids is 2. The van der Waals surface area contributed by atoms with E-state index in [-0.39, 0.29) is 17.6 Å². The lowest BCUT2D eigenvalue weighted by atomic mass is 10.1. The Morgan fingerprint density at radius 1 is 1.00 bits per heavy atom. The van der Waals surface area contributed by atoms with Crippen LogP contribution >= 0.6 is 0 Å². The van der Waals surface area contributed by atoms with Gasteiger partial charge in [0.2, 0.25) is 5.69 Å². The zero-order chi connectivity index (χ0) is 26.9. The number of carbonyl (C=O) groups is 4. The number of carboxylic acid groups (broad SMARTS) is 2. The zero-order valence-corrected chi connectivity index (χ0v) is 20.5. The first-order valence-electron chi connectivity index (χ1n) is 11.9. The van der Waals surface area contributed by atoms with Crippen LogP contribution in [-0.4, -0.2) is 57.1 Å². The Morgan fingerprint density at radius 2 is 1.68 bits per heavy atom. The van der Waals surface area contributed by atoms with E-state index < -0.39 is 11.9 Å². The Balaban J connectivity index is 0.000000414. The largest absolute Gasteiger partial charge is 0.513 e. The second-order valence-electron chi connectivity index (χ2n) is 8.78. The molecule has 1 saturated heterocycles. The van der Waals surface area contributed by atoms with E-state index in [0.29, 0.717) is 35.4 Å². The minimum Gasteiger partial charge on any atom is -0.513 e. The van der Waals surface area contributed by atoms with E-state index in [2.05, 4.69) is 22.3 Å². The van der Waals surface area contributed by atoms with Crippen LogP contribution in [-0.2, 0) is 22.6 Å². The summed E-state index contributed by atoms with van der Waals surface area (Å²) in [7, 11) is 0. The third-order valence-electron chi connectivity index (χ3n) is 5.93. The number of piperidine rings is 1. The van der Waals surface area contributed by atoms with Crippen LogP contribution in [0, 0.1) is 0 Å². The Morgan fingerprint density at radius 3 is 2.30 bits per heavy atom. The summed E-state index contributed by atoms with van der Waals surface area (Å²) in [6.07, 6.45) is 9.14. The number of carbonyl (C=O) groups excluding carboxylic acids is 2. The van der Waals surface area contributed by atoms with Gasteiger partial charge in [0.05, 0.1) is 17.7 Å². The third kappa shape index (κ3) is 7.58. The molecule has 10 nitrogen and oxygen atoms in total. The van der Waals surface area contributed by atoms with Gasteiger partial charge in [-0.25, -0.2) is 9.59 Å². The highest BCUT2D eigenvalue weighted by molar-refractivity contribution is 6.22. The quantitative estimate of drug-likeness (QED) is 0.193. The summed E-state index contributed by atoms with van der Waals surface area (Å²) in [5.74, 6) is -2.99. The second kappa shape index (κ2) is 12.6. The number of aliphatic carboxylic acids is 2. The minimum atomic E-state index is -1.26. The Labute approximate surface area is 214 Å². The summed E-state index contributed by atoms with van der Waals surface area (Å²) in [6, 6.07) is 9.50. The maximum Gasteiger partial charge on any atom is 0.328 e. The molecule has 1 aromatic carbocycles. The predicted molar refractivity (Wildman–Crippen MR) is 133 cm³/mol. The van der Waals surface area contributed by atoms with Gasteiger partial charge in [0.15, 0.2) is 11.9 Å². The number of aliphatic hydroxyl groups is 1. The molecule has 2 aliphatic rings. The molecule has 0 atom stereocenters. The van der Waals surface area contributed by atoms with Gasteiger partial charge in [-0.3, -0.25) is 19.8 Å². The van der Waals surface area contributed by atoms with Crippen molar-refractivity contribution >= 4 is 23.8 Å². The average Bonchev–Trinajstić information content (AvgIpc) is 3.16. The lowest BCUT2D eigenvalue weighted by molar-refractivity contribution is -0.604. The number of aliphatic hydroxyl groups excluding tert-OH is 1. The number of pyridine rings is 1. The number of nitrogens with zero attached hydrogens (tertiary/aromatic N) is 2. The fourth-order valence-corrected chi connectivity index (χ4v) is 4.26. The highest BCUT2D eigenvalue weighted by Gasteiger charge is 2.34. The highest BCUT2D eigenvalue weighted by Crippen LogP contribution is 2.21. The number of nitrogens with one attached hydrogen (secondary N) is 1. The summed E-state index contributed by atoms with van der Waals surface area (Å²) in [5.41, 5.74) is 3.63. The summed E-state index contributed by atoms with van der Waals surface area (Å²) >= 11 is 0. The monoisotopic (exact) mass is 508 g/mol. The van der Waals surface area contributed by atoms with E-state index in [1.165, 1.54) is 24.8 Å². The number of allylic oxidation sites excluding steroid dienone is 2. The molecule has 4 rings (SSSR count). The van der Waals surface area contributed by atoms with Gasteiger partial charge in [0.1, 0.15) is 5.56 Å². The highest BCUT2D eigenvalue weighted by atomic mass is 16.4. The number of imide groups is 1. The number of rotatable bonds is 7. The predicted octanol–water partition coefficient (Wildman–Crippen LogP) is 2.55. The molecule has 194 valence electrons. The Kier molecular flexibility index (Phi) is 9.28. The van der Waals surface area contributed by atoms with Crippen molar-refractivity contribution < 1.29 is 39.1 Å². The maximum absolute atomic E-state index is 12.4. The van der Waals surface area contributed by atoms with E-state index in [4.69, 9.17) is 10.2 Å². The van der Waals surface area contributed by atoms with Gasteiger partial charge < -0.3 is 15.3 Å². The van der Waals surface area contributed by atoms with E-state index in [1.807, 2.05) is 16.8 Å². The zero-order valence-electron chi connectivity index (χ0n) is 20.5. The van der Waals surface area contributed by atoms with Gasteiger partial charge in [0.25, 0.3) is 11.8 Å². The number of likely N-dealkylation sites (tertiary alicyclic amines) is 1. The van der Waals surface area contributed by atoms with Crippen LogP contribution in [0.25, 0.3) is 5.69 Å². The SMILES string of the molecule is C/C(O)=C\Cc1cc(CN2CCCCC2)cc[n+]1-c1cccc2c1C(=O)NC2=O.O=C(O)/C=C\C(=O)O. The number of fused-ring (bicyclic) bond motifs is 1. The summed E-state index contributed by atoms with van der Waals surface area (Å²) in [6.45, 7) is 4.78. The third-order valence-corrected chi connectivity index (χ3v) is 5.93. The van der Waals surface area contributed by atoms with Crippen LogP contribution in [0.3, 0.4) is 0 Å². The normalized spacial score (nSPS) is 15.6. The van der Waals surface area contributed by atoms with Crippen LogP contribution < -0.4 is 9.88 Å². The van der Waals surface area contributed by atoms with Crippen LogP contribution in [0.15, 0.2) is 60.5 Å². The number of hydrogen-bond acceptors (Lipinski definition) is 6. The average molecular weight is 509 g/mol. The summed E-state index contributed by atoms with van der Waals surface area (Å²) < 4.78 is 1.94. The lowest BCUT2D eigenvalue weighted by Gasteiger charge is -2.26. The summed E-state index contributed by atoms with van der Waals surface area (Å²) in [4.78, 5) is 46.0. The van der Waals surface area contributed by atoms with E-state index in [9.17, 15) is 24.3 Å². The van der Waals surface area contributed by atoms with Gasteiger partial charge in [0, 0.05) is 36.9 Å². The van der Waals surface area contributed by atoms with Crippen molar-refractivity contribution in [3.8, 4) is 5.69 Å².